The highest BCUT2D eigenvalue weighted by molar-refractivity contribution is 7.26. The van der Waals surface area contributed by atoms with Crippen LogP contribution in [0.5, 0.6) is 0 Å². The zero-order valence-corrected chi connectivity index (χ0v) is 34.5. The molecular weight excluding hydrogens is 803 g/mol. The zero-order chi connectivity index (χ0) is 63.8. The van der Waals surface area contributed by atoms with Gasteiger partial charge >= 0.3 is 0 Å². The van der Waals surface area contributed by atoms with Crippen molar-refractivity contribution in [2.45, 2.75) is 5.41 Å². The Kier molecular flexibility index (Phi) is 4.78. The van der Waals surface area contributed by atoms with E-state index in [1.54, 1.807) is 18.2 Å². The first-order valence-electron chi connectivity index (χ1n) is 32.5. The molecule has 13 rings (SSSR count). The van der Waals surface area contributed by atoms with E-state index in [-0.39, 0.29) is 25.9 Å². The number of hydrogen-bond donors (Lipinski definition) is 0. The SMILES string of the molecule is [2H]c1c([2H])c([2H])c(C2(c3c([2H])c([2H])c([2H])c([2H])c3[2H])c3c([2H])c([2H])c([2H])c([2H])c3-c3c([2H])c([2H])c(N(c4cccc(-c5ccc6ccccc6c5-c5cccc6ccccc56)c4)c4c([2H])c([2H])c([2H])c5sc6c([2H])c([2H])c([2H])c([2H])c6c45)c([2H])c32)c([2H])c1[2H]. The van der Waals surface area contributed by atoms with Crippen LogP contribution in [0.25, 0.3) is 75.1 Å². The average Bonchev–Trinajstić information content (AvgIpc) is 1.53. The fourth-order valence-corrected chi connectivity index (χ4v) is 10.3. The molecule has 1 aromatic heterocycles. The minimum atomic E-state index is -3.22. The molecule has 304 valence electrons. The van der Waals surface area contributed by atoms with Crippen LogP contribution in [0.4, 0.5) is 17.1 Å². The van der Waals surface area contributed by atoms with Crippen molar-refractivity contribution in [3.8, 4) is 33.4 Å². The minimum Gasteiger partial charge on any atom is -0.310 e. The van der Waals surface area contributed by atoms with Gasteiger partial charge in [0, 0.05) is 31.5 Å². The second kappa shape index (κ2) is 15.1. The molecule has 1 nitrogen and oxygen atoms in total. The molecule has 11 aromatic carbocycles. The van der Waals surface area contributed by atoms with E-state index < -0.39 is 195 Å². The highest BCUT2D eigenvalue weighted by Crippen LogP contribution is 2.58. The molecule has 65 heavy (non-hydrogen) atoms. The maximum atomic E-state index is 11.0. The first kappa shape index (κ1) is 20.6. The molecule has 0 spiro atoms. The third kappa shape index (κ3) is 5.78. The van der Waals surface area contributed by atoms with Gasteiger partial charge in [-0.05, 0) is 120 Å². The lowest BCUT2D eigenvalue weighted by Gasteiger charge is -2.35. The number of hydrogen-bond acceptors (Lipinski definition) is 2. The van der Waals surface area contributed by atoms with Crippen LogP contribution >= 0.6 is 11.3 Å². The van der Waals surface area contributed by atoms with E-state index in [1.165, 1.54) is 6.07 Å². The van der Waals surface area contributed by atoms with Crippen molar-refractivity contribution in [3.63, 3.8) is 0 Å². The Hall–Kier alpha value is -8.04. The Balaban J connectivity index is 1.27. The van der Waals surface area contributed by atoms with E-state index in [4.69, 9.17) is 15.1 Å². The summed E-state index contributed by atoms with van der Waals surface area (Å²) in [5, 5.41) is 3.03. The van der Waals surface area contributed by atoms with Gasteiger partial charge in [0.2, 0.25) is 0 Å². The third-order valence-corrected chi connectivity index (χ3v) is 13.0. The Labute approximate surface area is 416 Å². The normalized spacial score (nSPS) is 17.9. The standard InChI is InChI=1S/C63H41NS/c1-3-22-45(23-4-1)63(46-24-5-2-6-25-46)56-32-13-11-29-52(56)53-39-37-48(41-57(53)63)64(58-33-17-35-60-62(58)55-30-12-14-34-59(55)65-60)47-26-15-21-44(40-47)51-38-36-43-19-8-10-28-50(43)61(51)54-31-16-20-42-18-7-9-27-49(42)54/h1-41H/i1D,2D,3D,4D,5D,6D,11D,12D,13D,14D,17D,22D,23D,24D,25D,29D,30D,32D,33D,34D,35D,37D,39D,41D. The fraction of sp³-hybridized carbons (Fsp3) is 0.0159. The van der Waals surface area contributed by atoms with Crippen molar-refractivity contribution in [2.75, 3.05) is 4.90 Å². The van der Waals surface area contributed by atoms with Gasteiger partial charge in [-0.15, -0.1) is 11.3 Å². The zero-order valence-electron chi connectivity index (χ0n) is 57.7. The summed E-state index contributed by atoms with van der Waals surface area (Å²) in [6, 6.07) is 9.42. The van der Waals surface area contributed by atoms with Crippen molar-refractivity contribution in [1.29, 1.82) is 0 Å². The van der Waals surface area contributed by atoms with Crippen LogP contribution in [0, 0.1) is 0 Å². The average molecular weight is 868 g/mol. The van der Waals surface area contributed by atoms with Crippen LogP contribution < -0.4 is 4.90 Å². The van der Waals surface area contributed by atoms with Gasteiger partial charge in [0.05, 0.1) is 44.0 Å². The molecule has 1 aliphatic carbocycles. The maximum absolute atomic E-state index is 11.0. The Morgan fingerprint density at radius 2 is 1.08 bits per heavy atom. The van der Waals surface area contributed by atoms with Crippen LogP contribution in [-0.4, -0.2) is 0 Å². The van der Waals surface area contributed by atoms with Crippen molar-refractivity contribution in [2.24, 2.45) is 0 Å². The molecule has 12 aromatic rings. The highest BCUT2D eigenvalue weighted by atomic mass is 32.1. The van der Waals surface area contributed by atoms with Crippen LogP contribution in [0.1, 0.15) is 55.2 Å². The molecular formula is C63H41NS. The maximum Gasteiger partial charge on any atom is 0.0714 e. The first-order chi connectivity index (χ1) is 42.2. The first-order valence-corrected chi connectivity index (χ1v) is 21.3. The molecule has 0 saturated heterocycles. The summed E-state index contributed by atoms with van der Waals surface area (Å²) < 4.78 is 227. The van der Waals surface area contributed by atoms with Crippen molar-refractivity contribution in [3.05, 3.63) is 270 Å². The van der Waals surface area contributed by atoms with E-state index in [0.717, 1.165) is 37.6 Å². The van der Waals surface area contributed by atoms with E-state index in [0.29, 0.717) is 22.5 Å². The van der Waals surface area contributed by atoms with Crippen LogP contribution in [-0.2, 0) is 5.41 Å². The lowest BCUT2D eigenvalue weighted by molar-refractivity contribution is 0.768. The molecule has 0 unspecified atom stereocenters. The number of benzene rings is 11. The molecule has 0 radical (unpaired) electrons. The number of thiophene rings is 1. The summed E-state index contributed by atoms with van der Waals surface area (Å²) in [4.78, 5) is 1.10. The second-order valence-electron chi connectivity index (χ2n) is 15.3. The quantitative estimate of drug-likeness (QED) is 0.154. The lowest BCUT2D eigenvalue weighted by atomic mass is 9.67. The van der Waals surface area contributed by atoms with E-state index in [2.05, 4.69) is 0 Å². The summed E-state index contributed by atoms with van der Waals surface area (Å²) in [7, 11) is 0. The Morgan fingerprint density at radius 3 is 1.91 bits per heavy atom. The monoisotopic (exact) mass is 867 g/mol. The number of anilines is 3. The molecule has 0 N–H and O–H groups in total. The Morgan fingerprint density at radius 1 is 0.415 bits per heavy atom. The predicted molar refractivity (Wildman–Crippen MR) is 277 cm³/mol. The van der Waals surface area contributed by atoms with Crippen LogP contribution in [0.2, 0.25) is 0 Å². The van der Waals surface area contributed by atoms with Crippen molar-refractivity contribution >= 4 is 70.1 Å². The third-order valence-electron chi connectivity index (χ3n) is 12.0. The molecule has 0 amide bonds. The highest BCUT2D eigenvalue weighted by Gasteiger charge is 2.46. The molecule has 0 fully saturated rings. The molecule has 0 atom stereocenters. The summed E-state index contributed by atoms with van der Waals surface area (Å²) in [5.41, 5.74) is -6.83. The van der Waals surface area contributed by atoms with Crippen LogP contribution in [0.15, 0.2) is 248 Å². The van der Waals surface area contributed by atoms with Gasteiger partial charge in [-0.25, -0.2) is 0 Å². The van der Waals surface area contributed by atoms with Gasteiger partial charge in [0.1, 0.15) is 0 Å². The molecule has 0 bridgehead atoms. The molecule has 1 aliphatic rings. The minimum absolute atomic E-state index is 0.0797. The molecule has 1 heterocycles. The topological polar surface area (TPSA) is 3.24 Å². The van der Waals surface area contributed by atoms with Gasteiger partial charge in [-0.2, -0.15) is 0 Å². The van der Waals surface area contributed by atoms with Crippen molar-refractivity contribution in [1.82, 2.24) is 0 Å². The molecule has 2 heteroatoms. The van der Waals surface area contributed by atoms with Gasteiger partial charge in [-0.3, -0.25) is 0 Å². The van der Waals surface area contributed by atoms with E-state index >= 15 is 0 Å². The van der Waals surface area contributed by atoms with E-state index in [9.17, 15) is 17.8 Å². The lowest BCUT2D eigenvalue weighted by Crippen LogP contribution is -2.28. The summed E-state index contributed by atoms with van der Waals surface area (Å²) in [6.45, 7) is 0. The van der Waals surface area contributed by atoms with E-state index in [1.807, 2.05) is 78.9 Å². The summed E-state index contributed by atoms with van der Waals surface area (Å²) in [6.07, 6.45) is 0. The second-order valence-corrected chi connectivity index (χ2v) is 16.3. The van der Waals surface area contributed by atoms with Crippen molar-refractivity contribution < 1.29 is 32.9 Å². The summed E-state index contributed by atoms with van der Waals surface area (Å²) in [5.74, 6) is 0. The van der Waals surface area contributed by atoms with Gasteiger partial charge in [0.15, 0.2) is 0 Å². The molecule has 0 saturated carbocycles. The predicted octanol–water partition coefficient (Wildman–Crippen LogP) is 17.5. The fourth-order valence-electron chi connectivity index (χ4n) is 9.32. The number of rotatable bonds is 7. The smallest absolute Gasteiger partial charge is 0.0714 e. The van der Waals surface area contributed by atoms with Gasteiger partial charge in [-0.1, -0.05) is 206 Å². The largest absolute Gasteiger partial charge is 0.310 e. The number of fused-ring (bicyclic) bond motifs is 8. The van der Waals surface area contributed by atoms with Gasteiger partial charge < -0.3 is 4.90 Å². The Bertz CT molecular complexity index is 5100. The van der Waals surface area contributed by atoms with Crippen LogP contribution in [0.3, 0.4) is 0 Å². The number of nitrogens with zero attached hydrogens (tertiary/aromatic N) is 1. The molecule has 0 aliphatic heterocycles. The van der Waals surface area contributed by atoms with Gasteiger partial charge in [0.25, 0.3) is 0 Å². The summed E-state index contributed by atoms with van der Waals surface area (Å²) >= 11 is 0.714.